The summed E-state index contributed by atoms with van der Waals surface area (Å²) in [5.74, 6) is 0.246. The molecule has 0 aromatic heterocycles. The van der Waals surface area contributed by atoms with Crippen LogP contribution in [-0.4, -0.2) is 5.11 Å². The van der Waals surface area contributed by atoms with Gasteiger partial charge in [0, 0.05) is 5.25 Å². The van der Waals surface area contributed by atoms with Gasteiger partial charge < -0.3 is 5.11 Å². The SMILES string of the molecule is N#CSC(Cc1ccc2ccccc2c1)c1ccc(O)cc1. The zero-order valence-electron chi connectivity index (χ0n) is 11.9. The van der Waals surface area contributed by atoms with Crippen LogP contribution in [0.2, 0.25) is 0 Å². The largest absolute Gasteiger partial charge is 0.508 e. The van der Waals surface area contributed by atoms with Crippen molar-refractivity contribution in [2.75, 3.05) is 0 Å². The fourth-order valence-electron chi connectivity index (χ4n) is 2.56. The average molecular weight is 305 g/mol. The third kappa shape index (κ3) is 3.24. The lowest BCUT2D eigenvalue weighted by Crippen LogP contribution is -1.98. The van der Waals surface area contributed by atoms with Gasteiger partial charge in [-0.15, -0.1) is 0 Å². The van der Waals surface area contributed by atoms with Crippen LogP contribution >= 0.6 is 11.8 Å². The molecule has 0 aliphatic heterocycles. The van der Waals surface area contributed by atoms with Crippen LogP contribution in [0.25, 0.3) is 10.8 Å². The molecule has 2 nitrogen and oxygen atoms in total. The fraction of sp³-hybridized carbons (Fsp3) is 0.105. The number of phenolic OH excluding ortho intramolecular Hbond substituents is 1. The third-order valence-corrected chi connectivity index (χ3v) is 4.52. The van der Waals surface area contributed by atoms with Gasteiger partial charge in [0.1, 0.15) is 11.2 Å². The van der Waals surface area contributed by atoms with E-state index in [2.05, 4.69) is 35.7 Å². The Bertz CT molecular complexity index is 821. The van der Waals surface area contributed by atoms with E-state index < -0.39 is 0 Å². The molecule has 0 aliphatic carbocycles. The van der Waals surface area contributed by atoms with Crippen molar-refractivity contribution in [1.29, 1.82) is 5.26 Å². The number of thiocyanates is 1. The average Bonchev–Trinajstić information content (AvgIpc) is 2.55. The van der Waals surface area contributed by atoms with Crippen LogP contribution < -0.4 is 0 Å². The molecule has 108 valence electrons. The van der Waals surface area contributed by atoms with Gasteiger partial charge in [-0.2, -0.15) is 5.26 Å². The molecule has 1 unspecified atom stereocenters. The molecule has 0 bridgehead atoms. The number of phenols is 1. The van der Waals surface area contributed by atoms with E-state index in [1.54, 1.807) is 12.1 Å². The number of nitriles is 1. The minimum atomic E-state index is 0.0618. The molecular weight excluding hydrogens is 290 g/mol. The van der Waals surface area contributed by atoms with E-state index in [0.717, 1.165) is 12.0 Å². The Balaban J connectivity index is 1.89. The molecule has 0 saturated heterocycles. The second-order valence-electron chi connectivity index (χ2n) is 5.17. The van der Waals surface area contributed by atoms with E-state index >= 15 is 0 Å². The van der Waals surface area contributed by atoms with E-state index in [1.165, 1.54) is 28.1 Å². The molecule has 0 saturated carbocycles. The standard InChI is InChI=1S/C19H15NOS/c20-13-22-19(16-7-9-18(21)10-8-16)12-14-5-6-15-3-1-2-4-17(15)11-14/h1-11,19,21H,12H2. The molecule has 1 atom stereocenters. The molecule has 22 heavy (non-hydrogen) atoms. The maximum atomic E-state index is 9.40. The summed E-state index contributed by atoms with van der Waals surface area (Å²) in [6.45, 7) is 0. The Morgan fingerprint density at radius 2 is 1.68 bits per heavy atom. The van der Waals surface area contributed by atoms with E-state index in [9.17, 15) is 5.11 Å². The van der Waals surface area contributed by atoms with E-state index in [4.69, 9.17) is 5.26 Å². The number of nitrogens with zero attached hydrogens (tertiary/aromatic N) is 1. The molecule has 3 aromatic carbocycles. The van der Waals surface area contributed by atoms with Crippen molar-refractivity contribution in [3.63, 3.8) is 0 Å². The topological polar surface area (TPSA) is 44.0 Å². The number of thioether (sulfide) groups is 1. The number of aromatic hydroxyl groups is 1. The van der Waals surface area contributed by atoms with Gasteiger partial charge in [-0.3, -0.25) is 0 Å². The fourth-order valence-corrected chi connectivity index (χ4v) is 3.26. The highest BCUT2D eigenvalue weighted by Gasteiger charge is 2.13. The quantitative estimate of drug-likeness (QED) is 0.686. The van der Waals surface area contributed by atoms with Crippen molar-refractivity contribution < 1.29 is 5.11 Å². The van der Waals surface area contributed by atoms with Crippen molar-refractivity contribution in [1.82, 2.24) is 0 Å². The summed E-state index contributed by atoms with van der Waals surface area (Å²) in [4.78, 5) is 0. The monoisotopic (exact) mass is 305 g/mol. The first-order valence-corrected chi connectivity index (χ1v) is 7.95. The first kappa shape index (κ1) is 14.5. The number of hydrogen-bond donors (Lipinski definition) is 1. The van der Waals surface area contributed by atoms with E-state index in [-0.39, 0.29) is 11.0 Å². The Morgan fingerprint density at radius 1 is 0.955 bits per heavy atom. The molecule has 0 amide bonds. The summed E-state index contributed by atoms with van der Waals surface area (Å²) in [6, 6.07) is 21.8. The predicted molar refractivity (Wildman–Crippen MR) is 91.7 cm³/mol. The summed E-state index contributed by atoms with van der Waals surface area (Å²) in [5.41, 5.74) is 2.26. The maximum Gasteiger partial charge on any atom is 0.133 e. The van der Waals surface area contributed by atoms with Crippen LogP contribution in [0.4, 0.5) is 0 Å². The molecule has 3 heteroatoms. The molecule has 3 aromatic rings. The van der Waals surface area contributed by atoms with Gasteiger partial charge in [-0.1, -0.05) is 54.6 Å². The maximum absolute atomic E-state index is 9.40. The Kier molecular flexibility index (Phi) is 4.32. The highest BCUT2D eigenvalue weighted by molar-refractivity contribution is 8.03. The lowest BCUT2D eigenvalue weighted by molar-refractivity contribution is 0.475. The second-order valence-corrected chi connectivity index (χ2v) is 6.16. The van der Waals surface area contributed by atoms with Crippen LogP contribution in [0.15, 0.2) is 66.7 Å². The lowest BCUT2D eigenvalue weighted by atomic mass is 10.0. The Hall–Kier alpha value is -2.44. The number of rotatable bonds is 4. The van der Waals surface area contributed by atoms with E-state index in [1.807, 2.05) is 24.3 Å². The number of hydrogen-bond acceptors (Lipinski definition) is 3. The molecule has 0 fully saturated rings. The smallest absolute Gasteiger partial charge is 0.133 e. The normalized spacial score (nSPS) is 12.0. The van der Waals surface area contributed by atoms with Gasteiger partial charge in [0.25, 0.3) is 0 Å². The minimum Gasteiger partial charge on any atom is -0.508 e. The van der Waals surface area contributed by atoms with Crippen molar-refractivity contribution in [3.8, 4) is 11.2 Å². The minimum absolute atomic E-state index is 0.0618. The number of fused-ring (bicyclic) bond motifs is 1. The van der Waals surface area contributed by atoms with Crippen molar-refractivity contribution in [3.05, 3.63) is 77.9 Å². The van der Waals surface area contributed by atoms with Gasteiger partial charge in [-0.05, 0) is 52.2 Å². The van der Waals surface area contributed by atoms with Crippen molar-refractivity contribution in [2.45, 2.75) is 11.7 Å². The van der Waals surface area contributed by atoms with Crippen LogP contribution in [0.1, 0.15) is 16.4 Å². The summed E-state index contributed by atoms with van der Waals surface area (Å²) in [6.07, 6.45) is 0.786. The number of benzene rings is 3. The first-order chi connectivity index (χ1) is 10.8. The van der Waals surface area contributed by atoms with Crippen LogP contribution in [0.3, 0.4) is 0 Å². The summed E-state index contributed by atoms with van der Waals surface area (Å²) in [5, 5.41) is 23.2. The van der Waals surface area contributed by atoms with Crippen LogP contribution in [0.5, 0.6) is 5.75 Å². The molecule has 1 N–H and O–H groups in total. The summed E-state index contributed by atoms with van der Waals surface area (Å²) < 4.78 is 0. The molecule has 0 spiro atoms. The summed E-state index contributed by atoms with van der Waals surface area (Å²) in [7, 11) is 0. The van der Waals surface area contributed by atoms with Gasteiger partial charge in [0.05, 0.1) is 0 Å². The van der Waals surface area contributed by atoms with Crippen molar-refractivity contribution in [2.24, 2.45) is 0 Å². The second kappa shape index (κ2) is 6.55. The molecular formula is C19H15NOS. The van der Waals surface area contributed by atoms with Gasteiger partial charge >= 0.3 is 0 Å². The molecule has 3 rings (SSSR count). The van der Waals surface area contributed by atoms with Crippen molar-refractivity contribution >= 4 is 22.5 Å². The van der Waals surface area contributed by atoms with Gasteiger partial charge in [0.2, 0.25) is 0 Å². The predicted octanol–water partition coefficient (Wildman–Crippen LogP) is 5.04. The highest BCUT2D eigenvalue weighted by atomic mass is 32.2. The zero-order chi connectivity index (χ0) is 15.4. The third-order valence-electron chi connectivity index (χ3n) is 3.69. The molecule has 0 heterocycles. The van der Waals surface area contributed by atoms with E-state index in [0.29, 0.717) is 0 Å². The van der Waals surface area contributed by atoms with Crippen LogP contribution in [-0.2, 0) is 6.42 Å². The van der Waals surface area contributed by atoms with Gasteiger partial charge in [0.15, 0.2) is 0 Å². The highest BCUT2D eigenvalue weighted by Crippen LogP contribution is 2.33. The lowest BCUT2D eigenvalue weighted by Gasteiger charge is -2.14. The Labute approximate surface area is 134 Å². The van der Waals surface area contributed by atoms with Crippen LogP contribution in [0, 0.1) is 10.7 Å². The Morgan fingerprint density at radius 3 is 2.41 bits per heavy atom. The molecule has 0 radical (unpaired) electrons. The van der Waals surface area contributed by atoms with Gasteiger partial charge in [-0.25, -0.2) is 0 Å². The summed E-state index contributed by atoms with van der Waals surface area (Å²) >= 11 is 1.26. The first-order valence-electron chi connectivity index (χ1n) is 7.07. The zero-order valence-corrected chi connectivity index (χ0v) is 12.8. The molecule has 0 aliphatic rings.